The summed E-state index contributed by atoms with van der Waals surface area (Å²) in [6.07, 6.45) is 3.94. The Hall–Kier alpha value is -1.07. The third-order valence-electron chi connectivity index (χ3n) is 5.34. The molecular formula is C18H29N3OS. The maximum absolute atomic E-state index is 5.98. The molecule has 1 aromatic rings. The molecule has 1 aliphatic heterocycles. The van der Waals surface area contributed by atoms with E-state index in [-0.39, 0.29) is 5.41 Å². The fraction of sp³-hybridized carbons (Fsp3) is 0.722. The topological polar surface area (TPSA) is 45.7 Å². The van der Waals surface area contributed by atoms with Crippen LogP contribution in [0.2, 0.25) is 0 Å². The number of guanidine groups is 1. The summed E-state index contributed by atoms with van der Waals surface area (Å²) in [5, 5.41) is 7.11. The summed E-state index contributed by atoms with van der Waals surface area (Å²) in [5.74, 6) is 1.52. The van der Waals surface area contributed by atoms with Crippen molar-refractivity contribution in [3.8, 4) is 0 Å². The van der Waals surface area contributed by atoms with Crippen molar-refractivity contribution in [1.29, 1.82) is 0 Å². The van der Waals surface area contributed by atoms with Crippen molar-refractivity contribution < 1.29 is 4.74 Å². The highest BCUT2D eigenvalue weighted by Crippen LogP contribution is 2.51. The predicted molar refractivity (Wildman–Crippen MR) is 97.1 cm³/mol. The second-order valence-corrected chi connectivity index (χ2v) is 8.44. The molecule has 0 radical (unpaired) electrons. The Kier molecular flexibility index (Phi) is 4.97. The van der Waals surface area contributed by atoms with Crippen LogP contribution in [0.25, 0.3) is 0 Å². The highest BCUT2D eigenvalue weighted by molar-refractivity contribution is 7.11. The second kappa shape index (κ2) is 6.81. The van der Waals surface area contributed by atoms with Gasteiger partial charge in [0.05, 0.1) is 12.6 Å². The molecule has 0 aromatic carbocycles. The van der Waals surface area contributed by atoms with Gasteiger partial charge in [0, 0.05) is 40.8 Å². The van der Waals surface area contributed by atoms with E-state index >= 15 is 0 Å². The van der Waals surface area contributed by atoms with E-state index in [1.165, 1.54) is 22.6 Å². The number of hydrogen-bond acceptors (Lipinski definition) is 3. The molecule has 1 aromatic heterocycles. The number of fused-ring (bicyclic) bond motifs is 1. The van der Waals surface area contributed by atoms with Crippen molar-refractivity contribution in [2.24, 2.45) is 16.3 Å². The number of aryl methyl sites for hydroxylation is 1. The van der Waals surface area contributed by atoms with Crippen LogP contribution in [-0.4, -0.2) is 31.8 Å². The van der Waals surface area contributed by atoms with Crippen molar-refractivity contribution in [1.82, 2.24) is 10.6 Å². The largest absolute Gasteiger partial charge is 0.377 e. The summed E-state index contributed by atoms with van der Waals surface area (Å²) in [6, 6.07) is 4.87. The van der Waals surface area contributed by atoms with E-state index in [9.17, 15) is 0 Å². The first-order chi connectivity index (χ1) is 11.1. The number of thiophene rings is 1. The monoisotopic (exact) mass is 335 g/mol. The van der Waals surface area contributed by atoms with Gasteiger partial charge in [0.25, 0.3) is 0 Å². The first kappa shape index (κ1) is 16.8. The van der Waals surface area contributed by atoms with Crippen LogP contribution in [0, 0.1) is 11.3 Å². The van der Waals surface area contributed by atoms with Gasteiger partial charge in [-0.05, 0) is 31.4 Å². The van der Waals surface area contributed by atoms with Crippen LogP contribution < -0.4 is 10.6 Å². The lowest BCUT2D eigenvalue weighted by molar-refractivity contribution is -0.188. The first-order valence-corrected chi connectivity index (χ1v) is 9.54. The molecule has 3 rings (SSSR count). The van der Waals surface area contributed by atoms with Gasteiger partial charge in [0.2, 0.25) is 0 Å². The minimum atomic E-state index is 0.168. The maximum atomic E-state index is 5.98. The fourth-order valence-electron chi connectivity index (χ4n) is 4.04. The van der Waals surface area contributed by atoms with Crippen LogP contribution in [0.15, 0.2) is 17.1 Å². The van der Waals surface area contributed by atoms with Crippen LogP contribution in [0.5, 0.6) is 0 Å². The lowest BCUT2D eigenvalue weighted by Crippen LogP contribution is -2.70. The van der Waals surface area contributed by atoms with Crippen LogP contribution in [0.3, 0.4) is 0 Å². The molecule has 0 amide bonds. The number of aliphatic imine (C=N–C) groups is 1. The Balaban J connectivity index is 1.57. The molecule has 2 N–H and O–H groups in total. The van der Waals surface area contributed by atoms with Gasteiger partial charge < -0.3 is 15.4 Å². The Labute approximate surface area is 143 Å². The Bertz CT molecular complexity index is 566. The molecule has 1 aliphatic carbocycles. The maximum Gasteiger partial charge on any atom is 0.191 e. The summed E-state index contributed by atoms with van der Waals surface area (Å²) >= 11 is 1.88. The summed E-state index contributed by atoms with van der Waals surface area (Å²) in [7, 11) is 1.85. The zero-order valence-corrected chi connectivity index (χ0v) is 15.5. The molecule has 1 saturated heterocycles. The van der Waals surface area contributed by atoms with E-state index in [4.69, 9.17) is 4.74 Å². The van der Waals surface area contributed by atoms with Gasteiger partial charge in [0.15, 0.2) is 5.96 Å². The SMILES string of the molecule is CCc1ccc(CNC(=NC)NC2C3CCCOC3C2(C)C)s1. The van der Waals surface area contributed by atoms with Gasteiger partial charge >= 0.3 is 0 Å². The Morgan fingerprint density at radius 2 is 2.17 bits per heavy atom. The number of hydrogen-bond donors (Lipinski definition) is 2. The smallest absolute Gasteiger partial charge is 0.191 e. The van der Waals surface area contributed by atoms with Gasteiger partial charge in [-0.15, -0.1) is 11.3 Å². The molecule has 2 heterocycles. The van der Waals surface area contributed by atoms with Gasteiger partial charge in [-0.2, -0.15) is 0 Å². The average Bonchev–Trinajstić information content (AvgIpc) is 3.03. The van der Waals surface area contributed by atoms with E-state index in [0.29, 0.717) is 18.1 Å². The van der Waals surface area contributed by atoms with E-state index in [1.54, 1.807) is 0 Å². The van der Waals surface area contributed by atoms with E-state index in [2.05, 4.69) is 48.5 Å². The van der Waals surface area contributed by atoms with Crippen LogP contribution in [0.1, 0.15) is 43.4 Å². The average molecular weight is 336 g/mol. The molecule has 23 heavy (non-hydrogen) atoms. The summed E-state index contributed by atoms with van der Waals surface area (Å²) in [5.41, 5.74) is 0.168. The van der Waals surface area contributed by atoms with Crippen molar-refractivity contribution in [3.63, 3.8) is 0 Å². The predicted octanol–water partition coefficient (Wildman–Crippen LogP) is 3.18. The van der Waals surface area contributed by atoms with Crippen LogP contribution >= 0.6 is 11.3 Å². The molecule has 3 atom stereocenters. The zero-order valence-electron chi connectivity index (χ0n) is 14.7. The zero-order chi connectivity index (χ0) is 16.4. The lowest BCUT2D eigenvalue weighted by Gasteiger charge is -2.60. The molecule has 1 saturated carbocycles. The highest BCUT2D eigenvalue weighted by atomic mass is 32.1. The quantitative estimate of drug-likeness (QED) is 0.656. The number of ether oxygens (including phenoxy) is 1. The number of nitrogens with one attached hydrogen (secondary N) is 2. The van der Waals surface area contributed by atoms with E-state index in [0.717, 1.165) is 25.5 Å². The van der Waals surface area contributed by atoms with Gasteiger partial charge in [-0.25, -0.2) is 0 Å². The van der Waals surface area contributed by atoms with Gasteiger partial charge in [-0.3, -0.25) is 4.99 Å². The van der Waals surface area contributed by atoms with E-state index < -0.39 is 0 Å². The molecule has 2 fully saturated rings. The summed E-state index contributed by atoms with van der Waals surface area (Å²) < 4.78 is 5.98. The Morgan fingerprint density at radius 3 is 2.87 bits per heavy atom. The van der Waals surface area contributed by atoms with Crippen molar-refractivity contribution in [3.05, 3.63) is 21.9 Å². The first-order valence-electron chi connectivity index (χ1n) is 8.72. The van der Waals surface area contributed by atoms with Gasteiger partial charge in [0.1, 0.15) is 0 Å². The second-order valence-electron chi connectivity index (χ2n) is 7.19. The molecular weight excluding hydrogens is 306 g/mol. The normalized spacial score (nSPS) is 29.6. The molecule has 5 heteroatoms. The van der Waals surface area contributed by atoms with Crippen molar-refractivity contribution >= 4 is 17.3 Å². The minimum Gasteiger partial charge on any atom is -0.377 e. The fourth-order valence-corrected chi connectivity index (χ4v) is 4.93. The van der Waals surface area contributed by atoms with Crippen LogP contribution in [0.4, 0.5) is 0 Å². The molecule has 3 unspecified atom stereocenters. The van der Waals surface area contributed by atoms with Crippen molar-refractivity contribution in [2.45, 2.75) is 58.7 Å². The molecule has 2 aliphatic rings. The summed E-state index contributed by atoms with van der Waals surface area (Å²) in [4.78, 5) is 7.21. The molecule has 0 bridgehead atoms. The molecule has 128 valence electrons. The molecule has 0 spiro atoms. The van der Waals surface area contributed by atoms with Crippen LogP contribution in [-0.2, 0) is 17.7 Å². The molecule has 4 nitrogen and oxygen atoms in total. The van der Waals surface area contributed by atoms with Gasteiger partial charge in [-0.1, -0.05) is 20.8 Å². The minimum absolute atomic E-state index is 0.168. The lowest BCUT2D eigenvalue weighted by atomic mass is 9.55. The highest BCUT2D eigenvalue weighted by Gasteiger charge is 2.58. The van der Waals surface area contributed by atoms with E-state index in [1.807, 2.05) is 18.4 Å². The standard InChI is InChI=1S/C18H29N3OS/c1-5-12-8-9-13(23-12)11-20-17(19-4)21-15-14-7-6-10-22-16(14)18(15,2)3/h8-9,14-16H,5-7,10-11H2,1-4H3,(H2,19,20,21). The Morgan fingerprint density at radius 1 is 1.39 bits per heavy atom. The summed E-state index contributed by atoms with van der Waals surface area (Å²) in [6.45, 7) is 8.56. The van der Waals surface area contributed by atoms with Crippen molar-refractivity contribution in [2.75, 3.05) is 13.7 Å². The number of rotatable bonds is 4. The third kappa shape index (κ3) is 3.26. The third-order valence-corrected chi connectivity index (χ3v) is 6.57. The number of nitrogens with zero attached hydrogens (tertiary/aromatic N) is 1.